The summed E-state index contributed by atoms with van der Waals surface area (Å²) < 4.78 is 13.6. The van der Waals surface area contributed by atoms with Crippen LogP contribution in [0, 0.1) is 5.95 Å². The quantitative estimate of drug-likeness (QED) is 0.617. The highest BCUT2D eigenvalue weighted by molar-refractivity contribution is 5.20. The van der Waals surface area contributed by atoms with E-state index in [1.165, 1.54) is 6.20 Å². The second kappa shape index (κ2) is 5.18. The van der Waals surface area contributed by atoms with Gasteiger partial charge in [-0.05, 0) is 6.07 Å². The number of rotatable bonds is 3. The summed E-state index contributed by atoms with van der Waals surface area (Å²) in [6, 6.07) is 3.46. The van der Waals surface area contributed by atoms with Crippen LogP contribution in [-0.4, -0.2) is 36.1 Å². The lowest BCUT2D eigenvalue weighted by molar-refractivity contribution is 0.199. The molecule has 16 heavy (non-hydrogen) atoms. The number of pyridine rings is 1. The van der Waals surface area contributed by atoms with Crippen molar-refractivity contribution in [2.45, 2.75) is 6.04 Å². The average Bonchev–Trinajstić information content (AvgIpc) is 2.34. The molecule has 0 unspecified atom stereocenters. The van der Waals surface area contributed by atoms with Gasteiger partial charge in [0.25, 0.3) is 0 Å². The van der Waals surface area contributed by atoms with E-state index in [1.807, 2.05) is 0 Å². The molecule has 1 aliphatic heterocycles. The van der Waals surface area contributed by atoms with Crippen LogP contribution in [0.1, 0.15) is 11.6 Å². The second-order valence-corrected chi connectivity index (χ2v) is 3.85. The summed E-state index contributed by atoms with van der Waals surface area (Å²) in [6.07, 6.45) is 3.25. The molecule has 1 aliphatic rings. The van der Waals surface area contributed by atoms with Gasteiger partial charge in [0, 0.05) is 37.9 Å². The van der Waals surface area contributed by atoms with Gasteiger partial charge in [-0.3, -0.25) is 4.90 Å². The highest BCUT2D eigenvalue weighted by Crippen LogP contribution is 2.23. The second-order valence-electron chi connectivity index (χ2n) is 3.85. The van der Waals surface area contributed by atoms with Crippen LogP contribution < -0.4 is 5.32 Å². The third kappa shape index (κ3) is 2.28. The predicted octanol–water partition coefficient (Wildman–Crippen LogP) is 1.35. The largest absolute Gasteiger partial charge is 0.314 e. The van der Waals surface area contributed by atoms with E-state index < -0.39 is 5.95 Å². The van der Waals surface area contributed by atoms with Gasteiger partial charge in [0.1, 0.15) is 0 Å². The molecule has 0 spiro atoms. The van der Waals surface area contributed by atoms with E-state index >= 15 is 0 Å². The molecule has 1 saturated heterocycles. The Morgan fingerprint density at radius 2 is 2.25 bits per heavy atom. The Labute approximate surface area is 95.0 Å². The van der Waals surface area contributed by atoms with E-state index in [2.05, 4.69) is 21.8 Å². The van der Waals surface area contributed by atoms with Gasteiger partial charge in [-0.2, -0.15) is 4.39 Å². The topological polar surface area (TPSA) is 28.2 Å². The summed E-state index contributed by atoms with van der Waals surface area (Å²) >= 11 is 0. The Morgan fingerprint density at radius 1 is 1.50 bits per heavy atom. The standard InChI is InChI=1S/C12H16FN3/c1-2-11(16-8-6-14-7-9-16)10-4-3-5-15-12(10)13/h2-5,11,14H,1,6-9H2/t11-/m1/s1. The minimum absolute atomic E-state index is 0.0733. The zero-order chi connectivity index (χ0) is 11.4. The van der Waals surface area contributed by atoms with Crippen LogP contribution in [0.25, 0.3) is 0 Å². The molecule has 4 heteroatoms. The zero-order valence-corrected chi connectivity index (χ0v) is 9.19. The molecule has 0 saturated carbocycles. The molecule has 1 aromatic heterocycles. The highest BCUT2D eigenvalue weighted by atomic mass is 19.1. The summed E-state index contributed by atoms with van der Waals surface area (Å²) in [5, 5.41) is 3.27. The third-order valence-corrected chi connectivity index (χ3v) is 2.87. The summed E-state index contributed by atoms with van der Waals surface area (Å²) in [6.45, 7) is 7.49. The van der Waals surface area contributed by atoms with Crippen molar-refractivity contribution in [1.82, 2.24) is 15.2 Å². The fraction of sp³-hybridized carbons (Fsp3) is 0.417. The molecule has 0 aromatic carbocycles. The monoisotopic (exact) mass is 221 g/mol. The number of piperazine rings is 1. The first-order chi connectivity index (χ1) is 7.83. The fourth-order valence-corrected chi connectivity index (χ4v) is 2.05. The van der Waals surface area contributed by atoms with Crippen molar-refractivity contribution in [2.75, 3.05) is 26.2 Å². The molecule has 1 N–H and O–H groups in total. The van der Waals surface area contributed by atoms with E-state index in [4.69, 9.17) is 0 Å². The van der Waals surface area contributed by atoms with Crippen molar-refractivity contribution in [1.29, 1.82) is 0 Å². The Morgan fingerprint density at radius 3 is 2.88 bits per heavy atom. The molecule has 1 atom stereocenters. The Kier molecular flexibility index (Phi) is 3.64. The van der Waals surface area contributed by atoms with Crippen molar-refractivity contribution in [3.8, 4) is 0 Å². The maximum atomic E-state index is 13.6. The minimum Gasteiger partial charge on any atom is -0.314 e. The molecule has 0 radical (unpaired) electrons. The van der Waals surface area contributed by atoms with Crippen LogP contribution in [0.2, 0.25) is 0 Å². The molecule has 3 nitrogen and oxygen atoms in total. The summed E-state index contributed by atoms with van der Waals surface area (Å²) in [5.41, 5.74) is 0.611. The first kappa shape index (κ1) is 11.2. The van der Waals surface area contributed by atoms with Gasteiger partial charge in [-0.1, -0.05) is 12.1 Å². The maximum Gasteiger partial charge on any atom is 0.217 e. The van der Waals surface area contributed by atoms with Gasteiger partial charge in [0.2, 0.25) is 5.95 Å². The number of hydrogen-bond acceptors (Lipinski definition) is 3. The molecular formula is C12H16FN3. The molecule has 2 rings (SSSR count). The van der Waals surface area contributed by atoms with E-state index in [9.17, 15) is 4.39 Å². The average molecular weight is 221 g/mol. The van der Waals surface area contributed by atoms with E-state index in [0.717, 1.165) is 26.2 Å². The van der Waals surface area contributed by atoms with Crippen molar-refractivity contribution < 1.29 is 4.39 Å². The first-order valence-electron chi connectivity index (χ1n) is 5.50. The van der Waals surface area contributed by atoms with Crippen LogP contribution >= 0.6 is 0 Å². The molecule has 0 aliphatic carbocycles. The van der Waals surface area contributed by atoms with Gasteiger partial charge in [-0.25, -0.2) is 4.98 Å². The molecule has 86 valence electrons. The minimum atomic E-state index is -0.397. The molecule has 2 heterocycles. The van der Waals surface area contributed by atoms with Crippen LogP contribution in [0.4, 0.5) is 4.39 Å². The highest BCUT2D eigenvalue weighted by Gasteiger charge is 2.21. The van der Waals surface area contributed by atoms with Crippen molar-refractivity contribution in [3.63, 3.8) is 0 Å². The smallest absolute Gasteiger partial charge is 0.217 e. The fourth-order valence-electron chi connectivity index (χ4n) is 2.05. The lowest BCUT2D eigenvalue weighted by Crippen LogP contribution is -2.44. The van der Waals surface area contributed by atoms with Gasteiger partial charge in [-0.15, -0.1) is 6.58 Å². The Balaban J connectivity index is 2.21. The van der Waals surface area contributed by atoms with Gasteiger partial charge in [0.15, 0.2) is 0 Å². The molecular weight excluding hydrogens is 205 g/mol. The van der Waals surface area contributed by atoms with Crippen molar-refractivity contribution in [2.24, 2.45) is 0 Å². The number of halogens is 1. The van der Waals surface area contributed by atoms with Crippen LogP contribution in [0.3, 0.4) is 0 Å². The first-order valence-corrected chi connectivity index (χ1v) is 5.50. The zero-order valence-electron chi connectivity index (χ0n) is 9.19. The number of aromatic nitrogens is 1. The van der Waals surface area contributed by atoms with Crippen molar-refractivity contribution >= 4 is 0 Å². The van der Waals surface area contributed by atoms with Gasteiger partial charge < -0.3 is 5.32 Å². The van der Waals surface area contributed by atoms with Crippen molar-refractivity contribution in [3.05, 3.63) is 42.5 Å². The summed E-state index contributed by atoms with van der Waals surface area (Å²) in [4.78, 5) is 5.90. The number of nitrogens with zero attached hydrogens (tertiary/aromatic N) is 2. The van der Waals surface area contributed by atoms with E-state index in [-0.39, 0.29) is 6.04 Å². The lowest BCUT2D eigenvalue weighted by atomic mass is 10.1. The molecule has 0 bridgehead atoms. The van der Waals surface area contributed by atoms with Gasteiger partial charge in [0.05, 0.1) is 6.04 Å². The Hall–Kier alpha value is -1.26. The summed E-state index contributed by atoms with van der Waals surface area (Å²) in [5.74, 6) is -0.397. The van der Waals surface area contributed by atoms with Gasteiger partial charge >= 0.3 is 0 Å². The van der Waals surface area contributed by atoms with E-state index in [1.54, 1.807) is 18.2 Å². The number of nitrogens with one attached hydrogen (secondary N) is 1. The van der Waals surface area contributed by atoms with Crippen LogP contribution in [0.5, 0.6) is 0 Å². The third-order valence-electron chi connectivity index (χ3n) is 2.87. The predicted molar refractivity (Wildman–Crippen MR) is 61.6 cm³/mol. The normalized spacial score (nSPS) is 19.3. The number of hydrogen-bond donors (Lipinski definition) is 1. The molecule has 1 fully saturated rings. The van der Waals surface area contributed by atoms with Crippen LogP contribution in [0.15, 0.2) is 31.0 Å². The summed E-state index contributed by atoms with van der Waals surface area (Å²) in [7, 11) is 0. The molecule has 1 aromatic rings. The Bertz CT molecular complexity index is 361. The SMILES string of the molecule is C=C[C@H](c1cccnc1F)N1CCNCC1. The maximum absolute atomic E-state index is 13.6. The van der Waals surface area contributed by atoms with E-state index in [0.29, 0.717) is 5.56 Å². The molecule has 0 amide bonds. The lowest BCUT2D eigenvalue weighted by Gasteiger charge is -2.33. The van der Waals surface area contributed by atoms with Crippen LogP contribution in [-0.2, 0) is 0 Å².